The molecule has 0 radical (unpaired) electrons. The molecule has 0 saturated carbocycles. The van der Waals surface area contributed by atoms with Crippen molar-refractivity contribution in [3.63, 3.8) is 0 Å². The molecule has 0 spiro atoms. The second-order valence-corrected chi connectivity index (χ2v) is 5.73. The maximum Gasteiger partial charge on any atom is 0.134 e. The van der Waals surface area contributed by atoms with Gasteiger partial charge in [-0.3, -0.25) is 4.99 Å². The van der Waals surface area contributed by atoms with Crippen molar-refractivity contribution in [3.8, 4) is 0 Å². The molecule has 1 N–H and O–H groups in total. The molecule has 0 aliphatic rings. The van der Waals surface area contributed by atoms with Gasteiger partial charge in [0.1, 0.15) is 6.73 Å². The molecule has 0 rings (SSSR count). The summed E-state index contributed by atoms with van der Waals surface area (Å²) in [6.07, 6.45) is 0.942. The number of hydrogen-bond donors (Lipinski definition) is 1. The molecular weight excluding hydrogens is 162 g/mol. The second-order valence-electron chi connectivity index (χ2n) is 5.73. The van der Waals surface area contributed by atoms with Gasteiger partial charge in [-0.2, -0.15) is 0 Å². The largest absolute Gasteiger partial charge is 0.375 e. The number of aliphatic hydroxyl groups is 1. The van der Waals surface area contributed by atoms with Crippen molar-refractivity contribution in [2.45, 2.75) is 48.0 Å². The van der Waals surface area contributed by atoms with Crippen molar-refractivity contribution >= 4 is 5.71 Å². The van der Waals surface area contributed by atoms with Gasteiger partial charge < -0.3 is 5.11 Å². The summed E-state index contributed by atoms with van der Waals surface area (Å²) < 4.78 is 0. The number of hydrogen-bond acceptors (Lipinski definition) is 2. The van der Waals surface area contributed by atoms with Crippen LogP contribution in [0.4, 0.5) is 0 Å². The van der Waals surface area contributed by atoms with E-state index in [4.69, 9.17) is 5.11 Å². The SMILES string of the molecule is CC(C)(C)C/C(=N\CO)C(C)(C)C. The van der Waals surface area contributed by atoms with Gasteiger partial charge in [-0.1, -0.05) is 41.5 Å². The Morgan fingerprint density at radius 3 is 1.77 bits per heavy atom. The highest BCUT2D eigenvalue weighted by Gasteiger charge is 2.23. The van der Waals surface area contributed by atoms with E-state index >= 15 is 0 Å². The zero-order valence-electron chi connectivity index (χ0n) is 9.81. The molecule has 0 aliphatic carbocycles. The minimum Gasteiger partial charge on any atom is -0.375 e. The predicted octanol–water partition coefficient (Wildman–Crippen LogP) is 2.86. The molecule has 0 aromatic carbocycles. The first-order valence-electron chi connectivity index (χ1n) is 4.81. The van der Waals surface area contributed by atoms with E-state index in [1.165, 1.54) is 0 Å². The first-order valence-corrected chi connectivity index (χ1v) is 4.81. The topological polar surface area (TPSA) is 32.6 Å². The minimum absolute atomic E-state index is 0.0655. The molecule has 2 heteroatoms. The highest BCUT2D eigenvalue weighted by Crippen LogP contribution is 2.27. The minimum atomic E-state index is -0.0946. The van der Waals surface area contributed by atoms with Crippen molar-refractivity contribution in [2.24, 2.45) is 15.8 Å². The van der Waals surface area contributed by atoms with Crippen LogP contribution in [-0.4, -0.2) is 17.5 Å². The van der Waals surface area contributed by atoms with Crippen molar-refractivity contribution in [2.75, 3.05) is 6.73 Å². The van der Waals surface area contributed by atoms with E-state index in [1.807, 2.05) is 0 Å². The van der Waals surface area contributed by atoms with Crippen molar-refractivity contribution in [1.82, 2.24) is 0 Å². The van der Waals surface area contributed by atoms with Gasteiger partial charge in [0.2, 0.25) is 0 Å². The lowest BCUT2D eigenvalue weighted by molar-refractivity contribution is 0.304. The molecule has 0 aliphatic heterocycles. The Balaban J connectivity index is 4.57. The Bertz CT molecular complexity index is 181. The van der Waals surface area contributed by atoms with Crippen LogP contribution in [0.1, 0.15) is 48.0 Å². The van der Waals surface area contributed by atoms with Crippen LogP contribution in [0.25, 0.3) is 0 Å². The van der Waals surface area contributed by atoms with E-state index in [1.54, 1.807) is 0 Å². The smallest absolute Gasteiger partial charge is 0.134 e. The predicted molar refractivity (Wildman–Crippen MR) is 58.0 cm³/mol. The molecule has 0 bridgehead atoms. The van der Waals surface area contributed by atoms with Crippen LogP contribution >= 0.6 is 0 Å². The molecule has 0 atom stereocenters. The van der Waals surface area contributed by atoms with Crippen LogP contribution < -0.4 is 0 Å². The summed E-state index contributed by atoms with van der Waals surface area (Å²) in [5, 5.41) is 8.81. The van der Waals surface area contributed by atoms with Gasteiger partial charge in [-0.15, -0.1) is 0 Å². The maximum absolute atomic E-state index is 8.81. The first kappa shape index (κ1) is 12.6. The molecular formula is C11H23NO. The van der Waals surface area contributed by atoms with Gasteiger partial charge in [-0.25, -0.2) is 0 Å². The van der Waals surface area contributed by atoms with E-state index < -0.39 is 0 Å². The van der Waals surface area contributed by atoms with Gasteiger partial charge in [0, 0.05) is 5.71 Å². The van der Waals surface area contributed by atoms with Crippen LogP contribution in [0.2, 0.25) is 0 Å². The lowest BCUT2D eigenvalue weighted by Gasteiger charge is -2.27. The second kappa shape index (κ2) is 4.23. The van der Waals surface area contributed by atoms with Gasteiger partial charge in [-0.05, 0) is 17.3 Å². The van der Waals surface area contributed by atoms with E-state index in [0.717, 1.165) is 12.1 Å². The molecule has 0 heterocycles. The van der Waals surface area contributed by atoms with Gasteiger partial charge in [0.05, 0.1) is 0 Å². The molecule has 0 unspecified atom stereocenters. The van der Waals surface area contributed by atoms with Gasteiger partial charge in [0.15, 0.2) is 0 Å². The first-order chi connectivity index (χ1) is 5.67. The van der Waals surface area contributed by atoms with Crippen LogP contribution in [0.3, 0.4) is 0 Å². The fourth-order valence-electron chi connectivity index (χ4n) is 1.15. The lowest BCUT2D eigenvalue weighted by Crippen LogP contribution is -2.26. The quantitative estimate of drug-likeness (QED) is 0.659. The Hall–Kier alpha value is -0.370. The molecule has 2 nitrogen and oxygen atoms in total. The maximum atomic E-state index is 8.81. The van der Waals surface area contributed by atoms with Gasteiger partial charge >= 0.3 is 0 Å². The highest BCUT2D eigenvalue weighted by atomic mass is 16.3. The van der Waals surface area contributed by atoms with Crippen LogP contribution in [0.15, 0.2) is 4.99 Å². The number of rotatable bonds is 2. The average molecular weight is 185 g/mol. The molecule has 0 fully saturated rings. The molecule has 0 saturated heterocycles. The summed E-state index contributed by atoms with van der Waals surface area (Å²) in [5.74, 6) is 0. The highest BCUT2D eigenvalue weighted by molar-refractivity contribution is 5.89. The molecule has 0 amide bonds. The standard InChI is InChI=1S/C11H23NO/c1-10(2,3)7-9(12-8-13)11(4,5)6/h13H,7-8H2,1-6H3/b12-9+. The molecule has 78 valence electrons. The van der Waals surface area contributed by atoms with Crippen molar-refractivity contribution < 1.29 is 5.11 Å². The number of aliphatic hydroxyl groups excluding tert-OH is 1. The molecule has 0 aromatic rings. The third-order valence-electron chi connectivity index (χ3n) is 1.83. The van der Waals surface area contributed by atoms with Crippen LogP contribution in [0, 0.1) is 10.8 Å². The normalized spacial score (nSPS) is 14.8. The van der Waals surface area contributed by atoms with E-state index in [9.17, 15) is 0 Å². The average Bonchev–Trinajstić information content (AvgIpc) is 1.81. The van der Waals surface area contributed by atoms with Crippen LogP contribution in [-0.2, 0) is 0 Å². The molecule has 13 heavy (non-hydrogen) atoms. The Labute approximate surface area is 82.1 Å². The summed E-state index contributed by atoms with van der Waals surface area (Å²) in [7, 11) is 0. The summed E-state index contributed by atoms with van der Waals surface area (Å²) in [6.45, 7) is 12.9. The Morgan fingerprint density at radius 2 is 1.54 bits per heavy atom. The summed E-state index contributed by atoms with van der Waals surface area (Å²) in [5.41, 5.74) is 1.40. The Morgan fingerprint density at radius 1 is 1.08 bits per heavy atom. The van der Waals surface area contributed by atoms with E-state index in [0.29, 0.717) is 0 Å². The fourth-order valence-corrected chi connectivity index (χ4v) is 1.15. The number of nitrogens with zero attached hydrogens (tertiary/aromatic N) is 1. The van der Waals surface area contributed by atoms with Crippen molar-refractivity contribution in [1.29, 1.82) is 0 Å². The van der Waals surface area contributed by atoms with Gasteiger partial charge in [0.25, 0.3) is 0 Å². The third-order valence-corrected chi connectivity index (χ3v) is 1.83. The monoisotopic (exact) mass is 185 g/mol. The molecule has 0 aromatic heterocycles. The summed E-state index contributed by atoms with van der Waals surface area (Å²) in [6, 6.07) is 0. The third kappa shape index (κ3) is 5.81. The Kier molecular flexibility index (Phi) is 4.11. The van der Waals surface area contributed by atoms with Crippen molar-refractivity contribution in [3.05, 3.63) is 0 Å². The zero-order valence-corrected chi connectivity index (χ0v) is 9.81. The summed E-state index contributed by atoms with van der Waals surface area (Å²) >= 11 is 0. The van der Waals surface area contributed by atoms with Crippen LogP contribution in [0.5, 0.6) is 0 Å². The zero-order chi connectivity index (χ0) is 10.7. The van der Waals surface area contributed by atoms with E-state index in [2.05, 4.69) is 46.5 Å². The van der Waals surface area contributed by atoms with E-state index in [-0.39, 0.29) is 17.6 Å². The fraction of sp³-hybridized carbons (Fsp3) is 0.909. The lowest BCUT2D eigenvalue weighted by atomic mass is 9.79. The number of aliphatic imine (C=N–C) groups is 1. The summed E-state index contributed by atoms with van der Waals surface area (Å²) in [4.78, 5) is 4.15.